The predicted octanol–water partition coefficient (Wildman–Crippen LogP) is 3.34. The van der Waals surface area contributed by atoms with Crippen LogP contribution in [0.5, 0.6) is 5.75 Å². The van der Waals surface area contributed by atoms with Crippen LogP contribution in [0.25, 0.3) is 10.8 Å². The van der Waals surface area contributed by atoms with Gasteiger partial charge in [-0.1, -0.05) is 30.3 Å². The minimum absolute atomic E-state index is 0.118. The smallest absolute Gasteiger partial charge is 0.240 e. The lowest BCUT2D eigenvalue weighted by Gasteiger charge is -2.09. The molecule has 124 valence electrons. The summed E-state index contributed by atoms with van der Waals surface area (Å²) in [6, 6.07) is 18.1. The first-order valence-corrected chi connectivity index (χ1v) is 8.90. The van der Waals surface area contributed by atoms with Crippen molar-refractivity contribution in [2.45, 2.75) is 4.90 Å². The Balaban J connectivity index is 1.61. The van der Waals surface area contributed by atoms with E-state index in [1.807, 2.05) is 24.3 Å². The van der Waals surface area contributed by atoms with Crippen LogP contribution in [-0.2, 0) is 10.0 Å². The zero-order valence-electron chi connectivity index (χ0n) is 12.8. The first-order chi connectivity index (χ1) is 11.5. The SMILES string of the molecule is O=S(=O)(NCCOc1ccc(F)cc1)c1ccc2ccccc2c1. The molecule has 0 aliphatic heterocycles. The van der Waals surface area contributed by atoms with Crippen molar-refractivity contribution in [1.29, 1.82) is 0 Å². The molecular formula is C18H16FNO3S. The van der Waals surface area contributed by atoms with Gasteiger partial charge in [-0.25, -0.2) is 17.5 Å². The monoisotopic (exact) mass is 345 g/mol. The highest BCUT2D eigenvalue weighted by molar-refractivity contribution is 7.89. The highest BCUT2D eigenvalue weighted by Gasteiger charge is 2.13. The summed E-state index contributed by atoms with van der Waals surface area (Å²) in [4.78, 5) is 0.211. The van der Waals surface area contributed by atoms with Gasteiger partial charge < -0.3 is 4.74 Å². The summed E-state index contributed by atoms with van der Waals surface area (Å²) in [5.74, 6) is 0.140. The van der Waals surface area contributed by atoms with Crippen LogP contribution in [0.1, 0.15) is 0 Å². The Kier molecular flexibility index (Phi) is 4.78. The van der Waals surface area contributed by atoms with Gasteiger partial charge in [0.15, 0.2) is 0 Å². The third-order valence-electron chi connectivity index (χ3n) is 3.51. The fourth-order valence-corrected chi connectivity index (χ4v) is 3.34. The Morgan fingerprint density at radius 3 is 2.38 bits per heavy atom. The van der Waals surface area contributed by atoms with E-state index >= 15 is 0 Å². The third-order valence-corrected chi connectivity index (χ3v) is 4.97. The Hall–Kier alpha value is -2.44. The molecule has 3 rings (SSSR count). The first kappa shape index (κ1) is 16.4. The lowest BCUT2D eigenvalue weighted by Crippen LogP contribution is -2.28. The van der Waals surface area contributed by atoms with Gasteiger partial charge in [0.2, 0.25) is 10.0 Å². The van der Waals surface area contributed by atoms with Gasteiger partial charge in [0.25, 0.3) is 0 Å². The molecule has 4 nitrogen and oxygen atoms in total. The molecule has 0 aliphatic rings. The van der Waals surface area contributed by atoms with Crippen LogP contribution < -0.4 is 9.46 Å². The molecule has 3 aromatic rings. The summed E-state index contributed by atoms with van der Waals surface area (Å²) in [6.45, 7) is 0.269. The van der Waals surface area contributed by atoms with Gasteiger partial charge in [-0.3, -0.25) is 0 Å². The fraction of sp³-hybridized carbons (Fsp3) is 0.111. The Morgan fingerprint density at radius 2 is 1.62 bits per heavy atom. The van der Waals surface area contributed by atoms with Crippen LogP contribution >= 0.6 is 0 Å². The highest BCUT2D eigenvalue weighted by atomic mass is 32.2. The number of hydrogen-bond donors (Lipinski definition) is 1. The summed E-state index contributed by atoms with van der Waals surface area (Å²) in [6.07, 6.45) is 0. The number of rotatable bonds is 6. The zero-order valence-corrected chi connectivity index (χ0v) is 13.6. The summed E-state index contributed by atoms with van der Waals surface area (Å²) < 4.78 is 45.3. The molecule has 24 heavy (non-hydrogen) atoms. The number of nitrogens with one attached hydrogen (secondary N) is 1. The van der Waals surface area contributed by atoms with Gasteiger partial charge in [-0.2, -0.15) is 0 Å². The predicted molar refractivity (Wildman–Crippen MR) is 91.0 cm³/mol. The molecule has 0 bridgehead atoms. The van der Waals surface area contributed by atoms with Crippen molar-refractivity contribution >= 4 is 20.8 Å². The number of ether oxygens (including phenoxy) is 1. The average molecular weight is 345 g/mol. The Bertz CT molecular complexity index is 940. The lowest BCUT2D eigenvalue weighted by atomic mass is 10.1. The van der Waals surface area contributed by atoms with Crippen molar-refractivity contribution in [1.82, 2.24) is 4.72 Å². The molecule has 0 heterocycles. The van der Waals surface area contributed by atoms with E-state index in [1.165, 1.54) is 24.3 Å². The van der Waals surface area contributed by atoms with E-state index in [-0.39, 0.29) is 23.9 Å². The molecule has 0 unspecified atom stereocenters. The van der Waals surface area contributed by atoms with E-state index in [9.17, 15) is 12.8 Å². The summed E-state index contributed by atoms with van der Waals surface area (Å²) in [5.41, 5.74) is 0. The summed E-state index contributed by atoms with van der Waals surface area (Å²) in [7, 11) is -3.60. The largest absolute Gasteiger partial charge is 0.492 e. The third kappa shape index (κ3) is 3.90. The van der Waals surface area contributed by atoms with Gasteiger partial charge in [0, 0.05) is 6.54 Å². The van der Waals surface area contributed by atoms with Crippen molar-refractivity contribution in [3.8, 4) is 5.75 Å². The number of sulfonamides is 1. The lowest BCUT2D eigenvalue weighted by molar-refractivity contribution is 0.322. The van der Waals surface area contributed by atoms with E-state index < -0.39 is 10.0 Å². The molecule has 0 aromatic heterocycles. The van der Waals surface area contributed by atoms with E-state index in [0.717, 1.165) is 10.8 Å². The fourth-order valence-electron chi connectivity index (χ4n) is 2.29. The molecule has 0 saturated carbocycles. The van der Waals surface area contributed by atoms with Crippen LogP contribution in [0.15, 0.2) is 71.6 Å². The van der Waals surface area contributed by atoms with Crippen LogP contribution in [0, 0.1) is 5.82 Å². The van der Waals surface area contributed by atoms with Crippen molar-refractivity contribution in [3.63, 3.8) is 0 Å². The van der Waals surface area contributed by atoms with Crippen LogP contribution in [0.3, 0.4) is 0 Å². The average Bonchev–Trinajstić information content (AvgIpc) is 2.60. The standard InChI is InChI=1S/C18H16FNO3S/c19-16-6-8-17(9-7-16)23-12-11-20-24(21,22)18-10-5-14-3-1-2-4-15(14)13-18/h1-10,13,20H,11-12H2. The van der Waals surface area contributed by atoms with Crippen molar-refractivity contribution in [2.75, 3.05) is 13.2 Å². The topological polar surface area (TPSA) is 55.4 Å². The molecular weight excluding hydrogens is 329 g/mol. The van der Waals surface area contributed by atoms with E-state index in [2.05, 4.69) is 4.72 Å². The van der Waals surface area contributed by atoms with Crippen molar-refractivity contribution in [2.24, 2.45) is 0 Å². The molecule has 0 fully saturated rings. The van der Waals surface area contributed by atoms with Crippen LogP contribution in [-0.4, -0.2) is 21.6 Å². The summed E-state index contributed by atoms with van der Waals surface area (Å²) in [5, 5.41) is 1.85. The van der Waals surface area contributed by atoms with E-state index in [1.54, 1.807) is 18.2 Å². The van der Waals surface area contributed by atoms with Gasteiger partial charge >= 0.3 is 0 Å². The maximum atomic E-state index is 12.8. The normalized spacial score (nSPS) is 11.5. The molecule has 0 radical (unpaired) electrons. The van der Waals surface area contributed by atoms with Gasteiger partial charge in [0.05, 0.1) is 4.90 Å². The van der Waals surface area contributed by atoms with Crippen molar-refractivity contribution in [3.05, 3.63) is 72.5 Å². The van der Waals surface area contributed by atoms with E-state index in [4.69, 9.17) is 4.74 Å². The van der Waals surface area contributed by atoms with Crippen LogP contribution in [0.4, 0.5) is 4.39 Å². The zero-order chi connectivity index (χ0) is 17.0. The van der Waals surface area contributed by atoms with Crippen molar-refractivity contribution < 1.29 is 17.5 Å². The van der Waals surface area contributed by atoms with Gasteiger partial charge in [0.1, 0.15) is 18.2 Å². The molecule has 0 saturated heterocycles. The second kappa shape index (κ2) is 6.98. The first-order valence-electron chi connectivity index (χ1n) is 7.41. The molecule has 6 heteroatoms. The second-order valence-corrected chi connectivity index (χ2v) is 6.98. The Morgan fingerprint density at radius 1 is 0.917 bits per heavy atom. The minimum Gasteiger partial charge on any atom is -0.492 e. The molecule has 0 spiro atoms. The molecule has 0 aliphatic carbocycles. The molecule has 3 aromatic carbocycles. The number of benzene rings is 3. The quantitative estimate of drug-likeness (QED) is 0.697. The molecule has 1 N–H and O–H groups in total. The second-order valence-electron chi connectivity index (χ2n) is 5.21. The minimum atomic E-state index is -3.60. The van der Waals surface area contributed by atoms with Gasteiger partial charge in [-0.05, 0) is 47.2 Å². The summed E-state index contributed by atoms with van der Waals surface area (Å²) >= 11 is 0. The maximum absolute atomic E-state index is 12.8. The molecule has 0 atom stereocenters. The van der Waals surface area contributed by atoms with Crippen LogP contribution in [0.2, 0.25) is 0 Å². The Labute approximate surface area is 139 Å². The number of halogens is 1. The number of hydrogen-bond acceptors (Lipinski definition) is 3. The maximum Gasteiger partial charge on any atom is 0.240 e. The molecule has 0 amide bonds. The number of fused-ring (bicyclic) bond motifs is 1. The highest BCUT2D eigenvalue weighted by Crippen LogP contribution is 2.18. The van der Waals surface area contributed by atoms with E-state index in [0.29, 0.717) is 5.75 Å². The van der Waals surface area contributed by atoms with Gasteiger partial charge in [-0.15, -0.1) is 0 Å².